The summed E-state index contributed by atoms with van der Waals surface area (Å²) < 4.78 is 0. The highest BCUT2D eigenvalue weighted by atomic mass is 35.5. The van der Waals surface area contributed by atoms with Gasteiger partial charge in [0.05, 0.1) is 10.0 Å². The number of halogens is 2. The maximum absolute atomic E-state index is 8.63. The van der Waals surface area contributed by atoms with Gasteiger partial charge in [0.25, 0.3) is 0 Å². The summed E-state index contributed by atoms with van der Waals surface area (Å²) in [4.78, 5) is 0. The second-order valence-corrected chi connectivity index (χ2v) is 3.56. The Morgan fingerprint density at radius 2 is 1.07 bits per heavy atom. The Bertz CT molecular complexity index is 380. The van der Waals surface area contributed by atoms with Crippen LogP contribution in [0.5, 0.6) is 5.75 Å². The summed E-state index contributed by atoms with van der Waals surface area (Å²) in [7, 11) is 0. The molecule has 0 aliphatic carbocycles. The molecule has 2 rings (SSSR count). The summed E-state index contributed by atoms with van der Waals surface area (Å²) >= 11 is 11.2. The van der Waals surface area contributed by atoms with Crippen LogP contribution in [0.4, 0.5) is 0 Å². The van der Waals surface area contributed by atoms with Gasteiger partial charge in [-0.1, -0.05) is 53.5 Å². The van der Waals surface area contributed by atoms with Crippen LogP contribution in [0.25, 0.3) is 0 Å². The van der Waals surface area contributed by atoms with Crippen LogP contribution in [0.1, 0.15) is 0 Å². The molecule has 0 aliphatic heterocycles. The first kappa shape index (κ1) is 11.9. The molecule has 2 aromatic rings. The average molecular weight is 241 g/mol. The van der Waals surface area contributed by atoms with Crippen LogP contribution in [-0.2, 0) is 0 Å². The van der Waals surface area contributed by atoms with E-state index in [1.807, 2.05) is 18.2 Å². The van der Waals surface area contributed by atoms with Gasteiger partial charge in [0.2, 0.25) is 0 Å². The highest BCUT2D eigenvalue weighted by molar-refractivity contribution is 6.41. The molecule has 3 heteroatoms. The Kier molecular flexibility index (Phi) is 5.02. The van der Waals surface area contributed by atoms with Crippen molar-refractivity contribution in [3.05, 3.63) is 64.6 Å². The third-order valence-corrected chi connectivity index (χ3v) is 2.34. The van der Waals surface area contributed by atoms with Gasteiger partial charge in [-0.2, -0.15) is 0 Å². The number of rotatable bonds is 0. The van der Waals surface area contributed by atoms with Gasteiger partial charge in [0, 0.05) is 0 Å². The summed E-state index contributed by atoms with van der Waals surface area (Å²) in [6.45, 7) is 0. The standard InChI is InChI=1S/C6H4Cl2.C6H6O/c7-5-3-1-2-4-6(5)8;7-6-4-2-1-3-5-6/h1-4H;1-5,7H. The zero-order valence-electron chi connectivity index (χ0n) is 7.90. The smallest absolute Gasteiger partial charge is 0.115 e. The SMILES string of the molecule is Clc1ccccc1Cl.Oc1ccccc1. The molecule has 1 nitrogen and oxygen atoms in total. The molecule has 15 heavy (non-hydrogen) atoms. The Hall–Kier alpha value is -1.18. The van der Waals surface area contributed by atoms with E-state index in [0.717, 1.165) is 0 Å². The van der Waals surface area contributed by atoms with E-state index in [9.17, 15) is 0 Å². The van der Waals surface area contributed by atoms with E-state index in [2.05, 4.69) is 0 Å². The maximum Gasteiger partial charge on any atom is 0.115 e. The minimum Gasteiger partial charge on any atom is -0.508 e. The second-order valence-electron chi connectivity index (χ2n) is 2.75. The van der Waals surface area contributed by atoms with Crippen LogP contribution >= 0.6 is 23.2 Å². The first-order valence-electron chi connectivity index (χ1n) is 4.34. The predicted octanol–water partition coefficient (Wildman–Crippen LogP) is 4.39. The number of benzene rings is 2. The van der Waals surface area contributed by atoms with Crippen molar-refractivity contribution in [1.82, 2.24) is 0 Å². The van der Waals surface area contributed by atoms with E-state index in [1.54, 1.807) is 36.4 Å². The number of aromatic hydroxyl groups is 1. The molecule has 0 aliphatic rings. The van der Waals surface area contributed by atoms with Gasteiger partial charge in [-0.3, -0.25) is 0 Å². The van der Waals surface area contributed by atoms with Crippen LogP contribution in [0.3, 0.4) is 0 Å². The van der Waals surface area contributed by atoms with Crippen LogP contribution in [0.15, 0.2) is 54.6 Å². The predicted molar refractivity (Wildman–Crippen MR) is 64.6 cm³/mol. The number of hydrogen-bond donors (Lipinski definition) is 1. The molecule has 0 amide bonds. The van der Waals surface area contributed by atoms with E-state index in [1.165, 1.54) is 0 Å². The molecule has 78 valence electrons. The molecule has 0 saturated heterocycles. The van der Waals surface area contributed by atoms with Gasteiger partial charge in [0.15, 0.2) is 0 Å². The van der Waals surface area contributed by atoms with Gasteiger partial charge < -0.3 is 5.11 Å². The first-order chi connectivity index (χ1) is 7.20. The monoisotopic (exact) mass is 240 g/mol. The zero-order valence-corrected chi connectivity index (χ0v) is 9.41. The lowest BCUT2D eigenvalue weighted by atomic mass is 10.3. The zero-order chi connectivity index (χ0) is 11.1. The van der Waals surface area contributed by atoms with Crippen LogP contribution in [0, 0.1) is 0 Å². The second kappa shape index (κ2) is 6.33. The summed E-state index contributed by atoms with van der Waals surface area (Å²) in [5.74, 6) is 0.322. The van der Waals surface area contributed by atoms with Crippen molar-refractivity contribution in [2.24, 2.45) is 0 Å². The molecule has 1 N–H and O–H groups in total. The first-order valence-corrected chi connectivity index (χ1v) is 5.10. The molecule has 0 saturated carbocycles. The number of hydrogen-bond acceptors (Lipinski definition) is 1. The van der Waals surface area contributed by atoms with E-state index >= 15 is 0 Å². The number of para-hydroxylation sites is 1. The maximum atomic E-state index is 8.63. The summed E-state index contributed by atoms with van der Waals surface area (Å²) in [6, 6.07) is 15.9. The lowest BCUT2D eigenvalue weighted by Gasteiger charge is -1.88. The number of phenolic OH excluding ortho intramolecular Hbond substituents is 1. The molecule has 2 aromatic carbocycles. The highest BCUT2D eigenvalue weighted by Crippen LogP contribution is 2.19. The van der Waals surface area contributed by atoms with Crippen molar-refractivity contribution in [3.8, 4) is 5.75 Å². The fourth-order valence-electron chi connectivity index (χ4n) is 0.867. The summed E-state index contributed by atoms with van der Waals surface area (Å²) in [5.41, 5.74) is 0. The van der Waals surface area contributed by atoms with Gasteiger partial charge in [-0.25, -0.2) is 0 Å². The third-order valence-electron chi connectivity index (χ3n) is 1.58. The molecule has 0 atom stereocenters. The molecule has 0 unspecified atom stereocenters. The van der Waals surface area contributed by atoms with Crippen molar-refractivity contribution in [1.29, 1.82) is 0 Å². The van der Waals surface area contributed by atoms with E-state index < -0.39 is 0 Å². The van der Waals surface area contributed by atoms with Crippen molar-refractivity contribution >= 4 is 23.2 Å². The Morgan fingerprint density at radius 3 is 1.33 bits per heavy atom. The van der Waals surface area contributed by atoms with E-state index in [-0.39, 0.29) is 0 Å². The fraction of sp³-hybridized carbons (Fsp3) is 0. The number of phenols is 1. The minimum absolute atomic E-state index is 0.322. The molecule has 0 spiro atoms. The topological polar surface area (TPSA) is 20.2 Å². The van der Waals surface area contributed by atoms with Crippen molar-refractivity contribution in [3.63, 3.8) is 0 Å². The minimum atomic E-state index is 0.322. The Morgan fingerprint density at radius 1 is 0.667 bits per heavy atom. The summed E-state index contributed by atoms with van der Waals surface area (Å²) in [5, 5.41) is 9.84. The van der Waals surface area contributed by atoms with Crippen molar-refractivity contribution in [2.45, 2.75) is 0 Å². The van der Waals surface area contributed by atoms with Crippen LogP contribution < -0.4 is 0 Å². The molecule has 0 bridgehead atoms. The molecule has 0 fully saturated rings. The normalized spacial score (nSPS) is 8.93. The van der Waals surface area contributed by atoms with Gasteiger partial charge in [-0.15, -0.1) is 0 Å². The van der Waals surface area contributed by atoms with E-state index in [4.69, 9.17) is 28.3 Å². The largest absolute Gasteiger partial charge is 0.508 e. The third kappa shape index (κ3) is 4.73. The van der Waals surface area contributed by atoms with Crippen LogP contribution in [-0.4, -0.2) is 5.11 Å². The molecular formula is C12H10Cl2O. The lowest BCUT2D eigenvalue weighted by Crippen LogP contribution is -1.62. The van der Waals surface area contributed by atoms with Gasteiger partial charge in [0.1, 0.15) is 5.75 Å². The van der Waals surface area contributed by atoms with Gasteiger partial charge >= 0.3 is 0 Å². The Labute approximate surface area is 98.9 Å². The quantitative estimate of drug-likeness (QED) is 0.725. The molecular weight excluding hydrogens is 231 g/mol. The van der Waals surface area contributed by atoms with Gasteiger partial charge in [-0.05, 0) is 24.3 Å². The van der Waals surface area contributed by atoms with Crippen LogP contribution in [0.2, 0.25) is 10.0 Å². The summed E-state index contributed by atoms with van der Waals surface area (Å²) in [6.07, 6.45) is 0. The lowest BCUT2D eigenvalue weighted by molar-refractivity contribution is 0.475. The van der Waals surface area contributed by atoms with Crippen molar-refractivity contribution < 1.29 is 5.11 Å². The Balaban J connectivity index is 0.000000151. The molecule has 0 heterocycles. The average Bonchev–Trinajstić information content (AvgIpc) is 2.25. The van der Waals surface area contributed by atoms with E-state index in [0.29, 0.717) is 15.8 Å². The van der Waals surface area contributed by atoms with Crippen molar-refractivity contribution in [2.75, 3.05) is 0 Å². The molecule has 0 radical (unpaired) electrons. The molecule has 0 aromatic heterocycles. The highest BCUT2D eigenvalue weighted by Gasteiger charge is 1.89. The fourth-order valence-corrected chi connectivity index (χ4v) is 1.14.